The Bertz CT molecular complexity index is 761. The number of benzene rings is 1. The minimum absolute atomic E-state index is 0.102. The summed E-state index contributed by atoms with van der Waals surface area (Å²) in [6.45, 7) is 1.89. The van der Waals surface area contributed by atoms with Crippen LogP contribution in [0.15, 0.2) is 48.0 Å². The number of hydrogen-bond donors (Lipinski definition) is 0. The fraction of sp³-hybridized carbons (Fsp3) is 0.0667. The van der Waals surface area contributed by atoms with Gasteiger partial charge in [-0.25, -0.2) is 4.68 Å². The zero-order chi connectivity index (χ0) is 14.1. The molecular formula is C15H11ClN2OS. The molecule has 100 valence electrons. The second-order valence-corrected chi connectivity index (χ2v) is 5.61. The van der Waals surface area contributed by atoms with E-state index in [4.69, 9.17) is 11.6 Å². The Labute approximate surface area is 125 Å². The van der Waals surface area contributed by atoms with E-state index in [1.54, 1.807) is 16.9 Å². The number of aromatic nitrogens is 2. The first-order valence-electron chi connectivity index (χ1n) is 6.06. The number of carbonyl (C=O) groups excluding carboxylic acids is 1. The molecule has 0 aliphatic heterocycles. The SMILES string of the molecule is Cc1csc(C(=O)c2ccnn2-c2ccccc2)c1Cl. The van der Waals surface area contributed by atoms with Crippen LogP contribution in [-0.4, -0.2) is 15.6 Å². The Balaban J connectivity index is 2.06. The molecule has 1 aromatic carbocycles. The van der Waals surface area contributed by atoms with Crippen LogP contribution >= 0.6 is 22.9 Å². The molecule has 0 atom stereocenters. The topological polar surface area (TPSA) is 34.9 Å². The van der Waals surface area contributed by atoms with Crippen LogP contribution in [0.2, 0.25) is 5.02 Å². The van der Waals surface area contributed by atoms with Crippen LogP contribution in [0.3, 0.4) is 0 Å². The highest BCUT2D eigenvalue weighted by molar-refractivity contribution is 7.13. The summed E-state index contributed by atoms with van der Waals surface area (Å²) >= 11 is 7.54. The van der Waals surface area contributed by atoms with Crippen LogP contribution in [-0.2, 0) is 0 Å². The van der Waals surface area contributed by atoms with Crippen molar-refractivity contribution in [3.05, 3.63) is 69.1 Å². The van der Waals surface area contributed by atoms with E-state index in [2.05, 4.69) is 5.10 Å². The molecule has 2 aromatic heterocycles. The molecule has 5 heteroatoms. The normalized spacial score (nSPS) is 10.7. The Morgan fingerprint density at radius 3 is 2.65 bits per heavy atom. The molecule has 0 saturated carbocycles. The standard InChI is InChI=1S/C15H11ClN2OS/c1-10-9-20-15(13(10)16)14(19)12-7-8-17-18(12)11-5-3-2-4-6-11/h2-9H,1H3. The van der Waals surface area contributed by atoms with E-state index in [0.29, 0.717) is 15.6 Å². The summed E-state index contributed by atoms with van der Waals surface area (Å²) in [7, 11) is 0. The van der Waals surface area contributed by atoms with Crippen LogP contribution < -0.4 is 0 Å². The van der Waals surface area contributed by atoms with Gasteiger partial charge in [0.2, 0.25) is 5.78 Å². The van der Waals surface area contributed by atoms with Crippen LogP contribution in [0.25, 0.3) is 5.69 Å². The summed E-state index contributed by atoms with van der Waals surface area (Å²) in [4.78, 5) is 13.2. The molecular weight excluding hydrogens is 292 g/mol. The summed E-state index contributed by atoms with van der Waals surface area (Å²) in [6, 6.07) is 11.3. The Kier molecular flexibility index (Phi) is 3.42. The summed E-state index contributed by atoms with van der Waals surface area (Å²) in [5.74, 6) is -0.102. The smallest absolute Gasteiger partial charge is 0.222 e. The van der Waals surface area contributed by atoms with Crippen molar-refractivity contribution in [1.29, 1.82) is 0 Å². The minimum Gasteiger partial charge on any atom is -0.286 e. The number of nitrogens with zero attached hydrogens (tertiary/aromatic N) is 2. The number of aryl methyl sites for hydroxylation is 1. The largest absolute Gasteiger partial charge is 0.286 e. The van der Waals surface area contributed by atoms with Crippen LogP contribution in [0.5, 0.6) is 0 Å². The second-order valence-electron chi connectivity index (χ2n) is 4.35. The van der Waals surface area contributed by atoms with E-state index in [0.717, 1.165) is 11.3 Å². The number of ketones is 1. The molecule has 3 rings (SSSR count). The maximum atomic E-state index is 12.6. The van der Waals surface area contributed by atoms with E-state index >= 15 is 0 Å². The number of para-hydroxylation sites is 1. The average Bonchev–Trinajstić information content (AvgIpc) is 3.08. The average molecular weight is 303 g/mol. The lowest BCUT2D eigenvalue weighted by molar-refractivity contribution is 0.103. The molecule has 0 bridgehead atoms. The van der Waals surface area contributed by atoms with E-state index in [9.17, 15) is 4.79 Å². The van der Waals surface area contributed by atoms with Crippen molar-refractivity contribution in [2.75, 3.05) is 0 Å². The molecule has 0 unspecified atom stereocenters. The van der Waals surface area contributed by atoms with Crippen molar-refractivity contribution in [1.82, 2.24) is 9.78 Å². The van der Waals surface area contributed by atoms with Crippen molar-refractivity contribution in [2.45, 2.75) is 6.92 Å². The van der Waals surface area contributed by atoms with Crippen molar-refractivity contribution >= 4 is 28.7 Å². The van der Waals surface area contributed by atoms with Gasteiger partial charge in [-0.2, -0.15) is 5.10 Å². The van der Waals surface area contributed by atoms with E-state index < -0.39 is 0 Å². The lowest BCUT2D eigenvalue weighted by atomic mass is 10.2. The first-order valence-corrected chi connectivity index (χ1v) is 7.32. The van der Waals surface area contributed by atoms with Gasteiger partial charge in [0.15, 0.2) is 0 Å². The molecule has 3 aromatic rings. The van der Waals surface area contributed by atoms with Gasteiger partial charge >= 0.3 is 0 Å². The van der Waals surface area contributed by atoms with Crippen molar-refractivity contribution in [3.8, 4) is 5.69 Å². The molecule has 20 heavy (non-hydrogen) atoms. The number of thiophene rings is 1. The fourth-order valence-electron chi connectivity index (χ4n) is 1.95. The lowest BCUT2D eigenvalue weighted by Crippen LogP contribution is -2.09. The molecule has 0 amide bonds. The van der Waals surface area contributed by atoms with E-state index in [1.165, 1.54) is 11.3 Å². The zero-order valence-electron chi connectivity index (χ0n) is 10.7. The third-order valence-corrected chi connectivity index (χ3v) is 4.68. The number of carbonyl (C=O) groups is 1. The van der Waals surface area contributed by atoms with Crippen molar-refractivity contribution < 1.29 is 4.79 Å². The van der Waals surface area contributed by atoms with Gasteiger partial charge in [-0.3, -0.25) is 4.79 Å². The van der Waals surface area contributed by atoms with Crippen molar-refractivity contribution in [3.63, 3.8) is 0 Å². The summed E-state index contributed by atoms with van der Waals surface area (Å²) < 4.78 is 1.63. The molecule has 0 aliphatic carbocycles. The Hall–Kier alpha value is -1.91. The van der Waals surface area contributed by atoms with Crippen LogP contribution in [0.4, 0.5) is 0 Å². The van der Waals surface area contributed by atoms with Gasteiger partial charge in [0.25, 0.3) is 0 Å². The molecule has 0 saturated heterocycles. The van der Waals surface area contributed by atoms with Gasteiger partial charge < -0.3 is 0 Å². The summed E-state index contributed by atoms with van der Waals surface area (Å²) in [6.07, 6.45) is 1.62. The Morgan fingerprint density at radius 1 is 1.25 bits per heavy atom. The van der Waals surface area contributed by atoms with Gasteiger partial charge in [0.05, 0.1) is 21.8 Å². The fourth-order valence-corrected chi connectivity index (χ4v) is 3.18. The third kappa shape index (κ3) is 2.17. The number of halogens is 1. The first-order chi connectivity index (χ1) is 9.68. The number of rotatable bonds is 3. The van der Waals surface area contributed by atoms with Crippen molar-refractivity contribution in [2.24, 2.45) is 0 Å². The minimum atomic E-state index is -0.102. The highest BCUT2D eigenvalue weighted by Crippen LogP contribution is 2.29. The monoisotopic (exact) mass is 302 g/mol. The molecule has 0 spiro atoms. The predicted octanol–water partition coefficient (Wildman–Crippen LogP) is 4.13. The first kappa shape index (κ1) is 13.1. The molecule has 0 aliphatic rings. The molecule has 0 fully saturated rings. The highest BCUT2D eigenvalue weighted by atomic mass is 35.5. The van der Waals surface area contributed by atoms with Crippen LogP contribution in [0.1, 0.15) is 20.9 Å². The molecule has 3 nitrogen and oxygen atoms in total. The zero-order valence-corrected chi connectivity index (χ0v) is 12.3. The predicted molar refractivity (Wildman–Crippen MR) is 81.1 cm³/mol. The maximum absolute atomic E-state index is 12.6. The highest BCUT2D eigenvalue weighted by Gasteiger charge is 2.20. The van der Waals surface area contributed by atoms with Gasteiger partial charge in [0.1, 0.15) is 5.69 Å². The lowest BCUT2D eigenvalue weighted by Gasteiger charge is -2.06. The molecule has 0 radical (unpaired) electrons. The quantitative estimate of drug-likeness (QED) is 0.682. The van der Waals surface area contributed by atoms with Gasteiger partial charge in [-0.15, -0.1) is 11.3 Å². The summed E-state index contributed by atoms with van der Waals surface area (Å²) in [5, 5.41) is 6.64. The van der Waals surface area contributed by atoms with Crippen LogP contribution in [0, 0.1) is 6.92 Å². The molecule has 0 N–H and O–H groups in total. The van der Waals surface area contributed by atoms with Gasteiger partial charge in [0, 0.05) is 0 Å². The summed E-state index contributed by atoms with van der Waals surface area (Å²) in [5.41, 5.74) is 2.29. The second kappa shape index (κ2) is 5.23. The van der Waals surface area contributed by atoms with Gasteiger partial charge in [-0.05, 0) is 36.1 Å². The van der Waals surface area contributed by atoms with E-state index in [-0.39, 0.29) is 5.78 Å². The maximum Gasteiger partial charge on any atom is 0.222 e. The molecule has 2 heterocycles. The number of hydrogen-bond acceptors (Lipinski definition) is 3. The third-order valence-electron chi connectivity index (χ3n) is 2.98. The Morgan fingerprint density at radius 2 is 2.00 bits per heavy atom. The van der Waals surface area contributed by atoms with Gasteiger partial charge in [-0.1, -0.05) is 29.8 Å². The van der Waals surface area contributed by atoms with E-state index in [1.807, 2.05) is 42.6 Å².